The minimum Gasteiger partial charge on any atom is -0.379 e. The maximum atomic E-state index is 5.36. The van der Waals surface area contributed by atoms with E-state index in [1.165, 1.54) is 5.52 Å². The fourth-order valence-corrected chi connectivity index (χ4v) is 2.64. The van der Waals surface area contributed by atoms with Gasteiger partial charge in [0, 0.05) is 19.6 Å². The molecule has 20 heavy (non-hydrogen) atoms. The van der Waals surface area contributed by atoms with Crippen molar-refractivity contribution < 1.29 is 4.74 Å². The second-order valence-electron chi connectivity index (χ2n) is 5.10. The largest absolute Gasteiger partial charge is 0.379 e. The highest BCUT2D eigenvalue weighted by molar-refractivity contribution is 5.75. The molecule has 2 heterocycles. The van der Waals surface area contributed by atoms with E-state index in [-0.39, 0.29) is 0 Å². The molecule has 1 saturated heterocycles. The highest BCUT2D eigenvalue weighted by atomic mass is 16.5. The number of hydrogen-bond donors (Lipinski definition) is 1. The molecule has 1 aromatic heterocycles. The second-order valence-corrected chi connectivity index (χ2v) is 5.10. The van der Waals surface area contributed by atoms with Gasteiger partial charge >= 0.3 is 0 Å². The van der Waals surface area contributed by atoms with Crippen molar-refractivity contribution in [3.05, 3.63) is 30.1 Å². The lowest BCUT2D eigenvalue weighted by atomic mass is 10.3. The zero-order valence-corrected chi connectivity index (χ0v) is 12.0. The molecular formula is C15H22N4O. The van der Waals surface area contributed by atoms with Crippen molar-refractivity contribution in [2.45, 2.75) is 26.4 Å². The first-order valence-electron chi connectivity index (χ1n) is 7.39. The van der Waals surface area contributed by atoms with Crippen LogP contribution < -0.4 is 5.43 Å². The van der Waals surface area contributed by atoms with Crippen molar-refractivity contribution in [2.75, 3.05) is 26.3 Å². The molecule has 0 atom stereocenters. The van der Waals surface area contributed by atoms with Crippen LogP contribution in [0.3, 0.4) is 0 Å². The van der Waals surface area contributed by atoms with Gasteiger partial charge in [-0.1, -0.05) is 19.1 Å². The Morgan fingerprint density at radius 1 is 1.25 bits per heavy atom. The molecule has 0 unspecified atom stereocenters. The van der Waals surface area contributed by atoms with Gasteiger partial charge in [0.1, 0.15) is 5.82 Å². The lowest BCUT2D eigenvalue weighted by Gasteiger charge is -2.27. The number of hydrogen-bond acceptors (Lipinski definition) is 4. The van der Waals surface area contributed by atoms with Crippen LogP contribution in [-0.4, -0.2) is 40.9 Å². The van der Waals surface area contributed by atoms with Gasteiger partial charge in [0.2, 0.25) is 0 Å². The number of fused-ring (bicyclic) bond motifs is 1. The molecule has 5 heteroatoms. The Kier molecular flexibility index (Phi) is 4.30. The van der Waals surface area contributed by atoms with E-state index in [9.17, 15) is 0 Å². The quantitative estimate of drug-likeness (QED) is 0.902. The Bertz CT molecular complexity index is 560. The van der Waals surface area contributed by atoms with Gasteiger partial charge in [0.25, 0.3) is 0 Å². The van der Waals surface area contributed by atoms with Gasteiger partial charge in [-0.05, 0) is 18.6 Å². The fraction of sp³-hybridized carbons (Fsp3) is 0.533. The molecule has 0 spiro atoms. The van der Waals surface area contributed by atoms with Crippen molar-refractivity contribution in [2.24, 2.45) is 0 Å². The van der Waals surface area contributed by atoms with E-state index in [1.54, 1.807) is 0 Å². The molecule has 1 aromatic carbocycles. The summed E-state index contributed by atoms with van der Waals surface area (Å²) in [5.41, 5.74) is 5.78. The summed E-state index contributed by atoms with van der Waals surface area (Å²) in [6.45, 7) is 7.47. The van der Waals surface area contributed by atoms with Crippen LogP contribution in [0.2, 0.25) is 0 Å². The van der Waals surface area contributed by atoms with Crippen molar-refractivity contribution in [1.29, 1.82) is 0 Å². The Morgan fingerprint density at radius 2 is 2.05 bits per heavy atom. The number of benzene rings is 1. The molecule has 5 nitrogen and oxygen atoms in total. The average Bonchev–Trinajstić information content (AvgIpc) is 2.85. The highest BCUT2D eigenvalue weighted by Crippen LogP contribution is 2.16. The molecule has 0 radical (unpaired) electrons. The van der Waals surface area contributed by atoms with Gasteiger partial charge in [0.05, 0.1) is 30.8 Å². The second kappa shape index (κ2) is 6.35. The monoisotopic (exact) mass is 274 g/mol. The Hall–Kier alpha value is -1.43. The van der Waals surface area contributed by atoms with Gasteiger partial charge < -0.3 is 9.30 Å². The van der Waals surface area contributed by atoms with Crippen LogP contribution in [0.5, 0.6) is 0 Å². The summed E-state index contributed by atoms with van der Waals surface area (Å²) in [5.74, 6) is 1.11. The van der Waals surface area contributed by atoms with Crippen LogP contribution in [0.4, 0.5) is 0 Å². The third kappa shape index (κ3) is 2.85. The first kappa shape index (κ1) is 13.5. The smallest absolute Gasteiger partial charge is 0.125 e. The van der Waals surface area contributed by atoms with E-state index in [4.69, 9.17) is 9.72 Å². The first-order valence-corrected chi connectivity index (χ1v) is 7.39. The van der Waals surface area contributed by atoms with E-state index in [1.807, 2.05) is 6.07 Å². The van der Waals surface area contributed by atoms with Crippen LogP contribution >= 0.6 is 0 Å². The third-order valence-corrected chi connectivity index (χ3v) is 3.65. The average molecular weight is 274 g/mol. The summed E-state index contributed by atoms with van der Waals surface area (Å²) in [7, 11) is 0. The molecule has 0 bridgehead atoms. The minimum absolute atomic E-state index is 0.773. The van der Waals surface area contributed by atoms with E-state index >= 15 is 0 Å². The number of morpholine rings is 1. The van der Waals surface area contributed by atoms with Gasteiger partial charge in [-0.25, -0.2) is 15.4 Å². The van der Waals surface area contributed by atoms with Crippen LogP contribution in [0.15, 0.2) is 24.3 Å². The normalized spacial score (nSPS) is 16.9. The molecule has 0 saturated carbocycles. The maximum absolute atomic E-state index is 5.36. The number of nitrogens with one attached hydrogen (secondary N) is 1. The first-order chi connectivity index (χ1) is 9.88. The van der Waals surface area contributed by atoms with Crippen molar-refractivity contribution in [3.63, 3.8) is 0 Å². The number of rotatable bonds is 5. The Labute approximate surface area is 119 Å². The predicted molar refractivity (Wildman–Crippen MR) is 79.3 cm³/mol. The predicted octanol–water partition coefficient (Wildman–Crippen LogP) is 1.78. The lowest BCUT2D eigenvalue weighted by molar-refractivity contribution is 0.00995. The zero-order valence-electron chi connectivity index (χ0n) is 12.0. The van der Waals surface area contributed by atoms with Crippen molar-refractivity contribution >= 4 is 11.0 Å². The molecule has 1 N–H and O–H groups in total. The van der Waals surface area contributed by atoms with E-state index in [2.05, 4.69) is 40.1 Å². The number of nitrogens with zero attached hydrogens (tertiary/aromatic N) is 3. The molecule has 1 aliphatic heterocycles. The maximum Gasteiger partial charge on any atom is 0.125 e. The number of aryl methyl sites for hydroxylation is 1. The third-order valence-electron chi connectivity index (χ3n) is 3.65. The molecule has 0 amide bonds. The van der Waals surface area contributed by atoms with Crippen molar-refractivity contribution in [1.82, 2.24) is 20.0 Å². The van der Waals surface area contributed by atoms with Crippen LogP contribution in [0, 0.1) is 0 Å². The van der Waals surface area contributed by atoms with Gasteiger partial charge in [-0.2, -0.15) is 0 Å². The summed E-state index contributed by atoms with van der Waals surface area (Å²) in [6, 6.07) is 8.36. The molecule has 108 valence electrons. The summed E-state index contributed by atoms with van der Waals surface area (Å²) in [5, 5.41) is 2.22. The molecule has 2 aromatic rings. The SMILES string of the molecule is CCCn1c(CNN2CCOCC2)nc2ccccc21. The summed E-state index contributed by atoms with van der Waals surface area (Å²) < 4.78 is 7.68. The fourth-order valence-electron chi connectivity index (χ4n) is 2.64. The highest BCUT2D eigenvalue weighted by Gasteiger charge is 2.13. The molecule has 1 aliphatic rings. The molecule has 0 aliphatic carbocycles. The Morgan fingerprint density at radius 3 is 2.85 bits per heavy atom. The van der Waals surface area contributed by atoms with Gasteiger partial charge in [-0.3, -0.25) is 0 Å². The van der Waals surface area contributed by atoms with Crippen LogP contribution in [0.25, 0.3) is 11.0 Å². The summed E-state index contributed by atoms with van der Waals surface area (Å²) in [6.07, 6.45) is 1.12. The van der Waals surface area contributed by atoms with Crippen molar-refractivity contribution in [3.8, 4) is 0 Å². The molecule has 1 fully saturated rings. The standard InChI is InChI=1S/C15H22N4O/c1-2-7-19-14-6-4-3-5-13(14)17-15(19)12-16-18-8-10-20-11-9-18/h3-6,16H,2,7-12H2,1H3. The Balaban J connectivity index is 1.77. The van der Waals surface area contributed by atoms with Gasteiger partial charge in [0.15, 0.2) is 0 Å². The minimum atomic E-state index is 0.773. The van der Waals surface area contributed by atoms with Gasteiger partial charge in [-0.15, -0.1) is 0 Å². The van der Waals surface area contributed by atoms with Crippen LogP contribution in [0.1, 0.15) is 19.2 Å². The number of para-hydroxylation sites is 2. The van der Waals surface area contributed by atoms with E-state index in [0.29, 0.717) is 0 Å². The number of aromatic nitrogens is 2. The van der Waals surface area contributed by atoms with E-state index < -0.39 is 0 Å². The lowest BCUT2D eigenvalue weighted by Crippen LogP contribution is -2.45. The topological polar surface area (TPSA) is 42.3 Å². The number of hydrazine groups is 1. The molecule has 3 rings (SSSR count). The zero-order chi connectivity index (χ0) is 13.8. The number of imidazole rings is 1. The summed E-state index contributed by atoms with van der Waals surface area (Å²) >= 11 is 0. The van der Waals surface area contributed by atoms with E-state index in [0.717, 1.165) is 57.2 Å². The molecular weight excluding hydrogens is 252 g/mol. The van der Waals surface area contributed by atoms with Crippen LogP contribution in [-0.2, 0) is 17.8 Å². The summed E-state index contributed by atoms with van der Waals surface area (Å²) in [4.78, 5) is 4.76. The number of ether oxygens (including phenoxy) is 1.